The average molecular weight is 273 g/mol. The molecule has 1 aliphatic carbocycles. The van der Waals surface area contributed by atoms with Crippen LogP contribution < -0.4 is 10.6 Å². The summed E-state index contributed by atoms with van der Waals surface area (Å²) in [7, 11) is 0. The van der Waals surface area contributed by atoms with E-state index in [1.807, 2.05) is 18.2 Å². The molecule has 2 N–H and O–H groups in total. The van der Waals surface area contributed by atoms with Crippen LogP contribution in [0.3, 0.4) is 0 Å². The first-order chi connectivity index (χ1) is 9.81. The summed E-state index contributed by atoms with van der Waals surface area (Å²) in [5.41, 5.74) is 2.59. The number of amides is 2. The molecule has 0 radical (unpaired) electrons. The van der Waals surface area contributed by atoms with Crippen LogP contribution in [0, 0.1) is 0 Å². The Morgan fingerprint density at radius 1 is 1.30 bits per heavy atom. The van der Waals surface area contributed by atoms with E-state index in [0.717, 1.165) is 29.5 Å². The molecular formula is C15H19N3O2. The van der Waals surface area contributed by atoms with Gasteiger partial charge in [0.2, 0.25) is 0 Å². The fourth-order valence-corrected chi connectivity index (χ4v) is 2.68. The van der Waals surface area contributed by atoms with Gasteiger partial charge in [-0.15, -0.1) is 0 Å². The van der Waals surface area contributed by atoms with Crippen LogP contribution in [-0.4, -0.2) is 17.1 Å². The van der Waals surface area contributed by atoms with E-state index in [1.54, 1.807) is 0 Å². The van der Waals surface area contributed by atoms with Crippen LogP contribution >= 0.6 is 0 Å². The molecule has 1 aromatic heterocycles. The molecule has 2 amide bonds. The summed E-state index contributed by atoms with van der Waals surface area (Å²) >= 11 is 0. The number of rotatable bonds is 3. The molecule has 0 saturated heterocycles. The highest BCUT2D eigenvalue weighted by molar-refractivity contribution is 5.75. The fourth-order valence-electron chi connectivity index (χ4n) is 2.68. The number of benzene rings is 1. The lowest BCUT2D eigenvalue weighted by Gasteiger charge is -2.22. The van der Waals surface area contributed by atoms with E-state index in [2.05, 4.69) is 15.6 Å². The number of carbonyl (C=O) groups is 1. The van der Waals surface area contributed by atoms with Gasteiger partial charge in [-0.1, -0.05) is 25.3 Å². The molecule has 1 heterocycles. The number of urea groups is 1. The molecule has 106 valence electrons. The molecule has 0 spiro atoms. The number of hydrogen-bond acceptors (Lipinski definition) is 3. The number of nitrogens with one attached hydrogen (secondary N) is 2. The standard InChI is InChI=1S/C15H19N3O2/c19-15(18-12-4-2-1-3-5-12)16-9-11-6-7-13-14(8-11)20-10-17-13/h6-8,10,12H,1-5,9H2,(H2,16,18,19). The number of nitrogens with zero attached hydrogens (tertiary/aromatic N) is 1. The third-order valence-electron chi connectivity index (χ3n) is 3.79. The average Bonchev–Trinajstić information content (AvgIpc) is 2.93. The van der Waals surface area contributed by atoms with Gasteiger partial charge in [0, 0.05) is 12.6 Å². The molecule has 0 bridgehead atoms. The summed E-state index contributed by atoms with van der Waals surface area (Å²) in [6.45, 7) is 0.495. The van der Waals surface area contributed by atoms with Crippen LogP contribution in [0.5, 0.6) is 0 Å². The Balaban J connectivity index is 1.51. The van der Waals surface area contributed by atoms with Crippen molar-refractivity contribution >= 4 is 17.1 Å². The zero-order valence-corrected chi connectivity index (χ0v) is 11.4. The quantitative estimate of drug-likeness (QED) is 0.903. The lowest BCUT2D eigenvalue weighted by molar-refractivity contribution is 0.232. The molecule has 2 aromatic rings. The van der Waals surface area contributed by atoms with Crippen molar-refractivity contribution in [1.29, 1.82) is 0 Å². The SMILES string of the molecule is O=C(NCc1ccc2ncoc2c1)NC1CCCCC1. The first-order valence-electron chi connectivity index (χ1n) is 7.18. The van der Waals surface area contributed by atoms with E-state index in [1.165, 1.54) is 25.7 Å². The summed E-state index contributed by atoms with van der Waals surface area (Å²) in [5.74, 6) is 0. The maximum atomic E-state index is 11.8. The van der Waals surface area contributed by atoms with Crippen LogP contribution in [0.25, 0.3) is 11.1 Å². The van der Waals surface area contributed by atoms with Gasteiger partial charge in [0.15, 0.2) is 12.0 Å². The van der Waals surface area contributed by atoms with Crippen LogP contribution in [0.2, 0.25) is 0 Å². The normalized spacial score (nSPS) is 16.2. The first kappa shape index (κ1) is 13.0. The Labute approximate surface area is 117 Å². The van der Waals surface area contributed by atoms with Crippen LogP contribution in [0.15, 0.2) is 29.0 Å². The Morgan fingerprint density at radius 3 is 3.00 bits per heavy atom. The van der Waals surface area contributed by atoms with Gasteiger partial charge in [-0.2, -0.15) is 0 Å². The second kappa shape index (κ2) is 5.94. The van der Waals surface area contributed by atoms with Crippen molar-refractivity contribution < 1.29 is 9.21 Å². The predicted molar refractivity (Wildman–Crippen MR) is 76.3 cm³/mol. The van der Waals surface area contributed by atoms with Crippen LogP contribution in [0.1, 0.15) is 37.7 Å². The number of oxazole rings is 1. The second-order valence-corrected chi connectivity index (χ2v) is 5.32. The smallest absolute Gasteiger partial charge is 0.315 e. The molecule has 20 heavy (non-hydrogen) atoms. The molecule has 1 aromatic carbocycles. The third-order valence-corrected chi connectivity index (χ3v) is 3.79. The zero-order chi connectivity index (χ0) is 13.8. The van der Waals surface area contributed by atoms with E-state index in [-0.39, 0.29) is 6.03 Å². The maximum absolute atomic E-state index is 11.8. The molecule has 1 saturated carbocycles. The summed E-state index contributed by atoms with van der Waals surface area (Å²) < 4.78 is 5.25. The molecule has 0 unspecified atom stereocenters. The van der Waals surface area contributed by atoms with Gasteiger partial charge in [0.05, 0.1) is 0 Å². The first-order valence-corrected chi connectivity index (χ1v) is 7.18. The van der Waals surface area contributed by atoms with E-state index < -0.39 is 0 Å². The summed E-state index contributed by atoms with van der Waals surface area (Å²) in [5, 5.41) is 5.93. The summed E-state index contributed by atoms with van der Waals surface area (Å²) in [4.78, 5) is 15.9. The van der Waals surface area contributed by atoms with E-state index in [0.29, 0.717) is 12.6 Å². The topological polar surface area (TPSA) is 67.2 Å². The highest BCUT2D eigenvalue weighted by atomic mass is 16.3. The number of aromatic nitrogens is 1. The molecule has 0 atom stereocenters. The highest BCUT2D eigenvalue weighted by Crippen LogP contribution is 2.17. The molecule has 1 fully saturated rings. The Bertz CT molecular complexity index is 588. The predicted octanol–water partition coefficient (Wildman–Crippen LogP) is 2.96. The molecule has 1 aliphatic rings. The van der Waals surface area contributed by atoms with Crippen molar-refractivity contribution in [2.75, 3.05) is 0 Å². The number of carbonyl (C=O) groups excluding carboxylic acids is 1. The lowest BCUT2D eigenvalue weighted by Crippen LogP contribution is -2.42. The van der Waals surface area contributed by atoms with Crippen LogP contribution in [-0.2, 0) is 6.54 Å². The van der Waals surface area contributed by atoms with Crippen molar-refractivity contribution in [3.05, 3.63) is 30.2 Å². The van der Waals surface area contributed by atoms with Gasteiger partial charge in [-0.05, 0) is 30.5 Å². The van der Waals surface area contributed by atoms with E-state index >= 15 is 0 Å². The maximum Gasteiger partial charge on any atom is 0.315 e. The number of hydrogen-bond donors (Lipinski definition) is 2. The van der Waals surface area contributed by atoms with Crippen molar-refractivity contribution in [3.63, 3.8) is 0 Å². The van der Waals surface area contributed by atoms with Gasteiger partial charge in [0.25, 0.3) is 0 Å². The van der Waals surface area contributed by atoms with Crippen LogP contribution in [0.4, 0.5) is 4.79 Å². The minimum Gasteiger partial charge on any atom is -0.443 e. The largest absolute Gasteiger partial charge is 0.443 e. The van der Waals surface area contributed by atoms with Crippen molar-refractivity contribution in [1.82, 2.24) is 15.6 Å². The molecular weight excluding hydrogens is 254 g/mol. The van der Waals surface area contributed by atoms with Gasteiger partial charge < -0.3 is 15.1 Å². The van der Waals surface area contributed by atoms with Crippen molar-refractivity contribution in [3.8, 4) is 0 Å². The summed E-state index contributed by atoms with van der Waals surface area (Å²) in [6, 6.07) is 6.00. The summed E-state index contributed by atoms with van der Waals surface area (Å²) in [6.07, 6.45) is 7.34. The molecule has 5 heteroatoms. The van der Waals surface area contributed by atoms with Crippen molar-refractivity contribution in [2.24, 2.45) is 0 Å². The van der Waals surface area contributed by atoms with Gasteiger partial charge in [-0.3, -0.25) is 0 Å². The highest BCUT2D eigenvalue weighted by Gasteiger charge is 2.15. The molecule has 0 aliphatic heterocycles. The third kappa shape index (κ3) is 3.10. The fraction of sp³-hybridized carbons (Fsp3) is 0.467. The van der Waals surface area contributed by atoms with Crippen molar-refractivity contribution in [2.45, 2.75) is 44.7 Å². The molecule has 3 rings (SSSR count). The Kier molecular flexibility index (Phi) is 3.85. The molecule has 5 nitrogen and oxygen atoms in total. The zero-order valence-electron chi connectivity index (χ0n) is 11.4. The monoisotopic (exact) mass is 273 g/mol. The second-order valence-electron chi connectivity index (χ2n) is 5.32. The van der Waals surface area contributed by atoms with Gasteiger partial charge >= 0.3 is 6.03 Å². The Hall–Kier alpha value is -2.04. The van der Waals surface area contributed by atoms with Gasteiger partial charge in [-0.25, -0.2) is 9.78 Å². The minimum atomic E-state index is -0.0884. The van der Waals surface area contributed by atoms with E-state index in [9.17, 15) is 4.79 Å². The lowest BCUT2D eigenvalue weighted by atomic mass is 9.96. The Morgan fingerprint density at radius 2 is 2.15 bits per heavy atom. The minimum absolute atomic E-state index is 0.0884. The van der Waals surface area contributed by atoms with E-state index in [4.69, 9.17) is 4.42 Å². The number of fused-ring (bicyclic) bond motifs is 1. The van der Waals surface area contributed by atoms with Gasteiger partial charge in [0.1, 0.15) is 5.52 Å².